The lowest BCUT2D eigenvalue weighted by atomic mass is 9.93. The van der Waals surface area contributed by atoms with E-state index < -0.39 is 12.0 Å². The largest absolute Gasteiger partial charge is 0.508 e. The first-order valence-electron chi connectivity index (χ1n) is 6.65. The highest BCUT2D eigenvalue weighted by molar-refractivity contribution is 9.10. The second-order valence-corrected chi connectivity index (χ2v) is 5.69. The van der Waals surface area contributed by atoms with E-state index in [0.717, 1.165) is 4.47 Å². The number of hydrogen-bond acceptors (Lipinski definition) is 4. The van der Waals surface area contributed by atoms with Crippen LogP contribution < -0.4 is 4.74 Å². The molecule has 0 bridgehead atoms. The summed E-state index contributed by atoms with van der Waals surface area (Å²) in [5, 5.41) is 18.5. The minimum atomic E-state index is -0.885. The molecule has 0 spiro atoms. The fourth-order valence-corrected chi connectivity index (χ4v) is 2.43. The van der Waals surface area contributed by atoms with Crippen molar-refractivity contribution < 1.29 is 14.6 Å². The topological polar surface area (TPSA) is 70.3 Å². The summed E-state index contributed by atoms with van der Waals surface area (Å²) < 4.78 is 6.35. The first-order valence-corrected chi connectivity index (χ1v) is 7.45. The van der Waals surface area contributed by atoms with Crippen LogP contribution in [0.5, 0.6) is 11.5 Å². The van der Waals surface area contributed by atoms with Gasteiger partial charge in [0.05, 0.1) is 6.07 Å². The molecule has 112 valence electrons. The molecule has 0 radical (unpaired) electrons. The molecule has 1 N–H and O–H groups in total. The standard InChI is InChI=1S/C17H14BrNO3/c1-11(22-15-7-5-14(20)6-8-15)17(21)16(10-19)12-3-2-4-13(18)9-12/h2-9,11,16,20H,1H3. The highest BCUT2D eigenvalue weighted by atomic mass is 79.9. The molecule has 2 aromatic carbocycles. The molecule has 0 saturated carbocycles. The van der Waals surface area contributed by atoms with E-state index in [1.807, 2.05) is 12.1 Å². The number of hydrogen-bond donors (Lipinski definition) is 1. The second kappa shape index (κ2) is 7.10. The predicted molar refractivity (Wildman–Crippen MR) is 85.7 cm³/mol. The van der Waals surface area contributed by atoms with Crippen LogP contribution in [0.25, 0.3) is 0 Å². The number of benzene rings is 2. The third-order valence-electron chi connectivity index (χ3n) is 3.15. The Balaban J connectivity index is 2.14. The molecule has 0 fully saturated rings. The van der Waals surface area contributed by atoms with Crippen LogP contribution in [0.1, 0.15) is 18.4 Å². The molecule has 2 rings (SSSR count). The number of aromatic hydroxyl groups is 1. The molecule has 2 atom stereocenters. The summed E-state index contributed by atoms with van der Waals surface area (Å²) in [5.41, 5.74) is 0.628. The van der Waals surface area contributed by atoms with E-state index >= 15 is 0 Å². The van der Waals surface area contributed by atoms with Crippen LogP contribution in [0.4, 0.5) is 0 Å². The predicted octanol–water partition coefficient (Wildman–Crippen LogP) is 3.80. The number of phenolic OH excluding ortho intramolecular Hbond substituents is 1. The van der Waals surface area contributed by atoms with E-state index in [1.165, 1.54) is 12.1 Å². The van der Waals surface area contributed by atoms with Crippen LogP contribution in [0, 0.1) is 11.3 Å². The number of Topliss-reactive ketones (excluding diaryl/α,β-unsaturated/α-hetero) is 1. The molecule has 4 nitrogen and oxygen atoms in total. The van der Waals surface area contributed by atoms with Gasteiger partial charge in [-0.3, -0.25) is 4.79 Å². The number of ether oxygens (including phenoxy) is 1. The van der Waals surface area contributed by atoms with E-state index in [-0.39, 0.29) is 11.5 Å². The first-order chi connectivity index (χ1) is 10.5. The van der Waals surface area contributed by atoms with Gasteiger partial charge in [-0.05, 0) is 48.9 Å². The van der Waals surface area contributed by atoms with E-state index in [9.17, 15) is 15.2 Å². The Hall–Kier alpha value is -2.32. The van der Waals surface area contributed by atoms with Gasteiger partial charge in [0.1, 0.15) is 17.4 Å². The van der Waals surface area contributed by atoms with Gasteiger partial charge in [-0.2, -0.15) is 5.26 Å². The molecule has 2 aromatic rings. The minimum Gasteiger partial charge on any atom is -0.508 e. The fraction of sp³-hybridized carbons (Fsp3) is 0.176. The summed E-state index contributed by atoms with van der Waals surface area (Å²) in [5.74, 6) is -0.613. The van der Waals surface area contributed by atoms with Crippen molar-refractivity contribution in [2.24, 2.45) is 0 Å². The van der Waals surface area contributed by atoms with Gasteiger partial charge >= 0.3 is 0 Å². The van der Waals surface area contributed by atoms with Gasteiger partial charge in [0.25, 0.3) is 0 Å². The quantitative estimate of drug-likeness (QED) is 0.881. The van der Waals surface area contributed by atoms with Crippen molar-refractivity contribution in [3.63, 3.8) is 0 Å². The number of carbonyl (C=O) groups excluding carboxylic acids is 1. The molecule has 0 aliphatic carbocycles. The molecule has 0 aliphatic rings. The van der Waals surface area contributed by atoms with Crippen molar-refractivity contribution in [2.45, 2.75) is 18.9 Å². The summed E-state index contributed by atoms with van der Waals surface area (Å²) in [7, 11) is 0. The third kappa shape index (κ3) is 3.86. The number of halogens is 1. The zero-order chi connectivity index (χ0) is 16.1. The van der Waals surface area contributed by atoms with Gasteiger partial charge in [-0.15, -0.1) is 0 Å². The Kier molecular flexibility index (Phi) is 5.18. The summed E-state index contributed by atoms with van der Waals surface area (Å²) in [4.78, 5) is 12.4. The third-order valence-corrected chi connectivity index (χ3v) is 3.64. The number of rotatable bonds is 5. The lowest BCUT2D eigenvalue weighted by Crippen LogP contribution is -2.28. The van der Waals surface area contributed by atoms with Gasteiger partial charge < -0.3 is 9.84 Å². The Morgan fingerprint density at radius 3 is 2.55 bits per heavy atom. The number of phenols is 1. The number of nitriles is 1. The van der Waals surface area contributed by atoms with E-state index in [1.54, 1.807) is 37.3 Å². The molecular formula is C17H14BrNO3. The van der Waals surface area contributed by atoms with E-state index in [4.69, 9.17) is 4.74 Å². The summed E-state index contributed by atoms with van der Waals surface area (Å²) in [6.07, 6.45) is -0.770. The highest BCUT2D eigenvalue weighted by Crippen LogP contribution is 2.24. The van der Waals surface area contributed by atoms with Crippen LogP contribution in [-0.2, 0) is 4.79 Å². The van der Waals surface area contributed by atoms with E-state index in [0.29, 0.717) is 11.3 Å². The molecule has 2 unspecified atom stereocenters. The zero-order valence-electron chi connectivity index (χ0n) is 11.9. The zero-order valence-corrected chi connectivity index (χ0v) is 13.4. The molecule has 0 aromatic heterocycles. The summed E-state index contributed by atoms with van der Waals surface area (Å²) >= 11 is 3.33. The highest BCUT2D eigenvalue weighted by Gasteiger charge is 2.26. The average Bonchev–Trinajstić information content (AvgIpc) is 2.50. The van der Waals surface area contributed by atoms with E-state index in [2.05, 4.69) is 15.9 Å². The molecule has 0 aliphatic heterocycles. The molecule has 0 amide bonds. The lowest BCUT2D eigenvalue weighted by molar-refractivity contribution is -0.125. The molecule has 5 heteroatoms. The van der Waals surface area contributed by atoms with Crippen LogP contribution in [0.2, 0.25) is 0 Å². The fourth-order valence-electron chi connectivity index (χ4n) is 2.01. The maximum absolute atomic E-state index is 12.4. The minimum absolute atomic E-state index is 0.121. The number of nitrogens with zero attached hydrogens (tertiary/aromatic N) is 1. The Labute approximate surface area is 137 Å². The first kappa shape index (κ1) is 16.1. The van der Waals surface area contributed by atoms with Crippen molar-refractivity contribution in [3.8, 4) is 17.6 Å². The monoisotopic (exact) mass is 359 g/mol. The molecule has 0 heterocycles. The van der Waals surface area contributed by atoms with Crippen molar-refractivity contribution in [1.82, 2.24) is 0 Å². The summed E-state index contributed by atoms with van der Waals surface area (Å²) in [6.45, 7) is 1.61. The Bertz CT molecular complexity index is 707. The van der Waals surface area contributed by atoms with Gasteiger partial charge in [0.2, 0.25) is 0 Å². The number of carbonyl (C=O) groups is 1. The Morgan fingerprint density at radius 2 is 1.95 bits per heavy atom. The van der Waals surface area contributed by atoms with Crippen molar-refractivity contribution >= 4 is 21.7 Å². The smallest absolute Gasteiger partial charge is 0.194 e. The van der Waals surface area contributed by atoms with Crippen LogP contribution in [0.15, 0.2) is 53.0 Å². The number of ketones is 1. The van der Waals surface area contributed by atoms with Crippen molar-refractivity contribution in [2.75, 3.05) is 0 Å². The second-order valence-electron chi connectivity index (χ2n) is 4.77. The van der Waals surface area contributed by atoms with Crippen LogP contribution in [0.3, 0.4) is 0 Å². The van der Waals surface area contributed by atoms with Crippen LogP contribution in [-0.4, -0.2) is 17.0 Å². The average molecular weight is 360 g/mol. The normalized spacial score (nSPS) is 13.0. The molecule has 22 heavy (non-hydrogen) atoms. The molecule has 0 saturated heterocycles. The van der Waals surface area contributed by atoms with Gasteiger partial charge in [-0.1, -0.05) is 28.1 Å². The van der Waals surface area contributed by atoms with Gasteiger partial charge in [-0.25, -0.2) is 0 Å². The van der Waals surface area contributed by atoms with Gasteiger partial charge in [0.15, 0.2) is 11.9 Å². The van der Waals surface area contributed by atoms with Crippen LogP contribution >= 0.6 is 15.9 Å². The molecular weight excluding hydrogens is 346 g/mol. The lowest BCUT2D eigenvalue weighted by Gasteiger charge is -2.17. The maximum Gasteiger partial charge on any atom is 0.194 e. The maximum atomic E-state index is 12.4. The summed E-state index contributed by atoms with van der Waals surface area (Å²) in [6, 6.07) is 15.2. The Morgan fingerprint density at radius 1 is 1.27 bits per heavy atom. The van der Waals surface area contributed by atoms with Gasteiger partial charge in [0, 0.05) is 4.47 Å². The van der Waals surface area contributed by atoms with Crippen molar-refractivity contribution in [1.29, 1.82) is 5.26 Å². The SMILES string of the molecule is CC(Oc1ccc(O)cc1)C(=O)C(C#N)c1cccc(Br)c1. The van der Waals surface area contributed by atoms with Crippen molar-refractivity contribution in [3.05, 3.63) is 58.6 Å².